The van der Waals surface area contributed by atoms with Gasteiger partial charge in [-0.2, -0.15) is 4.99 Å². The number of nitrogens with zero attached hydrogens (tertiary/aromatic N) is 2. The van der Waals surface area contributed by atoms with Crippen molar-refractivity contribution in [3.05, 3.63) is 71.3 Å². The summed E-state index contributed by atoms with van der Waals surface area (Å²) in [6, 6.07) is 11.1. The standard InChI is InChI=1S/C17H12F2N2O2S/c18-13-7-3-1-5-11(13)15(22)20-17-21(9-10-24-17)16(23)12-6-2-4-8-14(12)19/h1-8H,9-10H2. The van der Waals surface area contributed by atoms with Crippen LogP contribution in [-0.4, -0.2) is 34.2 Å². The van der Waals surface area contributed by atoms with Crippen molar-refractivity contribution >= 4 is 28.7 Å². The van der Waals surface area contributed by atoms with Crippen LogP contribution in [0.3, 0.4) is 0 Å². The summed E-state index contributed by atoms with van der Waals surface area (Å²) < 4.78 is 27.5. The van der Waals surface area contributed by atoms with E-state index in [2.05, 4.69) is 4.99 Å². The summed E-state index contributed by atoms with van der Waals surface area (Å²) in [6.45, 7) is 0.307. The van der Waals surface area contributed by atoms with Crippen LogP contribution in [0.4, 0.5) is 8.78 Å². The molecule has 1 aliphatic heterocycles. The van der Waals surface area contributed by atoms with Gasteiger partial charge in [-0.15, -0.1) is 0 Å². The van der Waals surface area contributed by atoms with E-state index in [0.29, 0.717) is 12.3 Å². The number of rotatable bonds is 2. The Kier molecular flexibility index (Phi) is 4.71. The van der Waals surface area contributed by atoms with E-state index in [1.807, 2.05) is 0 Å². The van der Waals surface area contributed by atoms with Crippen LogP contribution in [0.1, 0.15) is 20.7 Å². The molecule has 0 spiro atoms. The molecule has 0 unspecified atom stereocenters. The van der Waals surface area contributed by atoms with E-state index >= 15 is 0 Å². The van der Waals surface area contributed by atoms with Crippen molar-refractivity contribution < 1.29 is 18.4 Å². The molecule has 1 fully saturated rings. The average Bonchev–Trinajstić information content (AvgIpc) is 3.03. The molecular formula is C17H12F2N2O2S. The number of thioether (sulfide) groups is 1. The first-order valence-electron chi connectivity index (χ1n) is 7.14. The summed E-state index contributed by atoms with van der Waals surface area (Å²) in [6.07, 6.45) is 0. The van der Waals surface area contributed by atoms with Crippen LogP contribution in [0.15, 0.2) is 53.5 Å². The fourth-order valence-corrected chi connectivity index (χ4v) is 3.18. The predicted octanol–water partition coefficient (Wildman–Crippen LogP) is 3.35. The van der Waals surface area contributed by atoms with E-state index in [1.54, 1.807) is 6.07 Å². The first-order valence-corrected chi connectivity index (χ1v) is 8.13. The number of hydrogen-bond acceptors (Lipinski definition) is 3. The molecule has 0 aromatic heterocycles. The van der Waals surface area contributed by atoms with Gasteiger partial charge in [0.25, 0.3) is 11.8 Å². The lowest BCUT2D eigenvalue weighted by Crippen LogP contribution is -2.33. The number of carbonyl (C=O) groups excluding carboxylic acids is 2. The summed E-state index contributed by atoms with van der Waals surface area (Å²) in [7, 11) is 0. The lowest BCUT2D eigenvalue weighted by Gasteiger charge is -2.16. The van der Waals surface area contributed by atoms with Gasteiger partial charge in [0.05, 0.1) is 11.1 Å². The molecule has 0 bridgehead atoms. The van der Waals surface area contributed by atoms with Crippen LogP contribution in [-0.2, 0) is 0 Å². The van der Waals surface area contributed by atoms with Gasteiger partial charge in [0.2, 0.25) is 0 Å². The van der Waals surface area contributed by atoms with Crippen LogP contribution < -0.4 is 0 Å². The van der Waals surface area contributed by atoms with Gasteiger partial charge in [0.1, 0.15) is 11.6 Å². The Morgan fingerprint density at radius 1 is 0.958 bits per heavy atom. The second-order valence-corrected chi connectivity index (χ2v) is 6.03. The summed E-state index contributed by atoms with van der Waals surface area (Å²) in [4.78, 5) is 29.7. The molecule has 2 amide bonds. The van der Waals surface area contributed by atoms with Crippen molar-refractivity contribution in [2.75, 3.05) is 12.3 Å². The molecule has 2 aromatic carbocycles. The van der Waals surface area contributed by atoms with Crippen molar-refractivity contribution in [2.24, 2.45) is 4.99 Å². The number of benzene rings is 2. The van der Waals surface area contributed by atoms with Crippen LogP contribution in [0.5, 0.6) is 0 Å². The van der Waals surface area contributed by atoms with Gasteiger partial charge in [-0.1, -0.05) is 36.0 Å². The highest BCUT2D eigenvalue weighted by atomic mass is 32.2. The molecular weight excluding hydrogens is 334 g/mol. The largest absolute Gasteiger partial charge is 0.286 e. The molecule has 0 radical (unpaired) electrons. The zero-order valence-corrected chi connectivity index (χ0v) is 13.2. The molecule has 122 valence electrons. The number of aliphatic imine (C=N–C) groups is 1. The third-order valence-corrected chi connectivity index (χ3v) is 4.38. The highest BCUT2D eigenvalue weighted by Crippen LogP contribution is 2.22. The maximum absolute atomic E-state index is 13.8. The lowest BCUT2D eigenvalue weighted by atomic mass is 10.2. The van der Waals surface area contributed by atoms with Crippen molar-refractivity contribution in [3.8, 4) is 0 Å². The average molecular weight is 346 g/mol. The maximum Gasteiger partial charge on any atom is 0.282 e. The number of hydrogen-bond donors (Lipinski definition) is 0. The topological polar surface area (TPSA) is 49.7 Å². The SMILES string of the molecule is O=C(N=C1SCCN1C(=O)c1ccccc1F)c1ccccc1F. The molecule has 1 aliphatic rings. The molecule has 0 atom stereocenters. The van der Waals surface area contributed by atoms with Gasteiger partial charge in [-0.05, 0) is 24.3 Å². The maximum atomic E-state index is 13.8. The quantitative estimate of drug-likeness (QED) is 0.838. The fraction of sp³-hybridized carbons (Fsp3) is 0.118. The summed E-state index contributed by atoms with van der Waals surface area (Å²) >= 11 is 1.20. The molecule has 4 nitrogen and oxygen atoms in total. The van der Waals surface area contributed by atoms with Crippen molar-refractivity contribution in [3.63, 3.8) is 0 Å². The Labute approximate surface area is 141 Å². The van der Waals surface area contributed by atoms with E-state index in [9.17, 15) is 18.4 Å². The van der Waals surface area contributed by atoms with Gasteiger partial charge in [0.15, 0.2) is 5.17 Å². The highest BCUT2D eigenvalue weighted by molar-refractivity contribution is 8.14. The van der Waals surface area contributed by atoms with Crippen LogP contribution in [0.2, 0.25) is 0 Å². The van der Waals surface area contributed by atoms with E-state index in [0.717, 1.165) is 6.07 Å². The van der Waals surface area contributed by atoms with Gasteiger partial charge in [0, 0.05) is 12.3 Å². The zero-order valence-electron chi connectivity index (χ0n) is 12.4. The van der Waals surface area contributed by atoms with Gasteiger partial charge < -0.3 is 0 Å². The van der Waals surface area contributed by atoms with Crippen LogP contribution in [0.25, 0.3) is 0 Å². The first kappa shape index (κ1) is 16.3. The molecule has 3 rings (SSSR count). The Bertz CT molecular complexity index is 839. The number of amides is 2. The molecule has 0 N–H and O–H groups in total. The number of amidine groups is 1. The highest BCUT2D eigenvalue weighted by Gasteiger charge is 2.29. The van der Waals surface area contributed by atoms with E-state index in [4.69, 9.17) is 0 Å². The second-order valence-electron chi connectivity index (χ2n) is 4.96. The Morgan fingerprint density at radius 2 is 1.54 bits per heavy atom. The molecule has 1 heterocycles. The molecule has 0 aliphatic carbocycles. The normalized spacial score (nSPS) is 15.8. The van der Waals surface area contributed by atoms with E-state index in [1.165, 1.54) is 53.1 Å². The van der Waals surface area contributed by atoms with Gasteiger partial charge >= 0.3 is 0 Å². The number of halogens is 2. The lowest BCUT2D eigenvalue weighted by molar-refractivity contribution is 0.0854. The van der Waals surface area contributed by atoms with Gasteiger partial charge in [-0.3, -0.25) is 14.5 Å². The molecule has 1 saturated heterocycles. The molecule has 7 heteroatoms. The predicted molar refractivity (Wildman–Crippen MR) is 88.1 cm³/mol. The summed E-state index contributed by atoms with van der Waals surface area (Å²) in [5.74, 6) is -2.13. The molecule has 2 aromatic rings. The zero-order chi connectivity index (χ0) is 17.1. The second kappa shape index (κ2) is 6.92. The third-order valence-electron chi connectivity index (χ3n) is 3.43. The Balaban J connectivity index is 1.88. The fourth-order valence-electron chi connectivity index (χ4n) is 2.24. The molecule has 0 saturated carbocycles. The minimum absolute atomic E-state index is 0.0916. The minimum Gasteiger partial charge on any atom is -0.286 e. The van der Waals surface area contributed by atoms with E-state index < -0.39 is 23.4 Å². The van der Waals surface area contributed by atoms with Gasteiger partial charge in [-0.25, -0.2) is 8.78 Å². The summed E-state index contributed by atoms with van der Waals surface area (Å²) in [5.41, 5.74) is -0.262. The van der Waals surface area contributed by atoms with Crippen LogP contribution in [0, 0.1) is 11.6 Å². The monoisotopic (exact) mass is 346 g/mol. The van der Waals surface area contributed by atoms with Crippen LogP contribution >= 0.6 is 11.8 Å². The van der Waals surface area contributed by atoms with Crippen molar-refractivity contribution in [2.45, 2.75) is 0 Å². The first-order chi connectivity index (χ1) is 11.6. The Hall–Kier alpha value is -2.54. The van der Waals surface area contributed by atoms with E-state index in [-0.39, 0.29) is 16.3 Å². The Morgan fingerprint density at radius 3 is 2.17 bits per heavy atom. The smallest absolute Gasteiger partial charge is 0.282 e. The summed E-state index contributed by atoms with van der Waals surface area (Å²) in [5, 5.41) is 0.150. The minimum atomic E-state index is -0.774. The van der Waals surface area contributed by atoms with Crippen molar-refractivity contribution in [1.29, 1.82) is 0 Å². The molecule has 24 heavy (non-hydrogen) atoms. The van der Waals surface area contributed by atoms with Crippen molar-refractivity contribution in [1.82, 2.24) is 4.90 Å². The third kappa shape index (κ3) is 3.21. The number of carbonyl (C=O) groups is 2.